The lowest BCUT2D eigenvalue weighted by Gasteiger charge is -1.98. The summed E-state index contributed by atoms with van der Waals surface area (Å²) in [6.45, 7) is 0. The van der Waals surface area contributed by atoms with Crippen LogP contribution in [0.5, 0.6) is 0 Å². The second kappa shape index (κ2) is 11.5. The van der Waals surface area contributed by atoms with E-state index in [-0.39, 0.29) is 30.9 Å². The van der Waals surface area contributed by atoms with Gasteiger partial charge in [-0.05, 0) is 54.8 Å². The average Bonchev–Trinajstić information content (AvgIpc) is 2.62. The molecular formula is C20H20F2O5. The number of carboxylic acid groups (broad SMARTS) is 2. The number of carbonyl (C=O) groups excluding carboxylic acids is 1. The fourth-order valence-electron chi connectivity index (χ4n) is 2.10. The average molecular weight is 378 g/mol. The van der Waals surface area contributed by atoms with Crippen LogP contribution in [0.4, 0.5) is 8.78 Å². The molecule has 0 unspecified atom stereocenters. The summed E-state index contributed by atoms with van der Waals surface area (Å²) in [5, 5.41) is 16.7. The molecule has 144 valence electrons. The molecule has 27 heavy (non-hydrogen) atoms. The van der Waals surface area contributed by atoms with Gasteiger partial charge in [0.25, 0.3) is 0 Å². The second-order valence-corrected chi connectivity index (χ2v) is 5.70. The molecule has 5 nitrogen and oxygen atoms in total. The number of carbonyl (C=O) groups is 3. The van der Waals surface area contributed by atoms with Crippen molar-refractivity contribution < 1.29 is 33.4 Å². The first kappa shape index (κ1) is 22.0. The first-order chi connectivity index (χ1) is 12.8. The zero-order valence-electron chi connectivity index (χ0n) is 14.5. The highest BCUT2D eigenvalue weighted by Gasteiger charge is 2.07. The molecule has 0 atom stereocenters. The molecule has 7 heteroatoms. The van der Waals surface area contributed by atoms with Crippen LogP contribution in [-0.4, -0.2) is 27.9 Å². The topological polar surface area (TPSA) is 91.7 Å². The van der Waals surface area contributed by atoms with Gasteiger partial charge in [-0.15, -0.1) is 0 Å². The van der Waals surface area contributed by atoms with E-state index in [1.54, 1.807) is 12.1 Å². The monoisotopic (exact) mass is 378 g/mol. The van der Waals surface area contributed by atoms with E-state index in [2.05, 4.69) is 0 Å². The fraction of sp³-hybridized carbons (Fsp3) is 0.250. The van der Waals surface area contributed by atoms with Gasteiger partial charge in [-0.2, -0.15) is 0 Å². The first-order valence-electron chi connectivity index (χ1n) is 8.24. The van der Waals surface area contributed by atoms with Crippen molar-refractivity contribution in [3.05, 3.63) is 71.3 Å². The van der Waals surface area contributed by atoms with Crippen molar-refractivity contribution >= 4 is 17.7 Å². The van der Waals surface area contributed by atoms with Crippen molar-refractivity contribution in [3.63, 3.8) is 0 Å². The molecule has 0 bridgehead atoms. The minimum Gasteiger partial charge on any atom is -0.481 e. The normalized spacial score (nSPS) is 9.85. The second-order valence-electron chi connectivity index (χ2n) is 5.70. The maximum atomic E-state index is 12.5. The Hall–Kier alpha value is -3.09. The lowest BCUT2D eigenvalue weighted by Crippen LogP contribution is -2.03. The highest BCUT2D eigenvalue weighted by atomic mass is 19.1. The number of hydrogen-bond acceptors (Lipinski definition) is 3. The molecule has 0 aromatic heterocycles. The number of ketones is 1. The van der Waals surface area contributed by atoms with Gasteiger partial charge in [0, 0.05) is 18.4 Å². The molecule has 0 heterocycles. The zero-order chi connectivity index (χ0) is 20.2. The standard InChI is InChI=1S/C10H9FO3.C10H11FO2/c11-8-3-1-7(2-4-8)9(12)5-6-10(13)14;11-9-6-4-8(5-7-9)2-1-3-10(12)13/h1-4H,5-6H2,(H,13,14);4-7H,1-3H2,(H,12,13). The summed E-state index contributed by atoms with van der Waals surface area (Å²) >= 11 is 0. The van der Waals surface area contributed by atoms with Crippen molar-refractivity contribution in [2.75, 3.05) is 0 Å². The summed E-state index contributed by atoms with van der Waals surface area (Å²) in [5.74, 6) is -2.77. The van der Waals surface area contributed by atoms with Crippen molar-refractivity contribution in [1.29, 1.82) is 0 Å². The van der Waals surface area contributed by atoms with E-state index in [9.17, 15) is 23.2 Å². The molecule has 0 saturated carbocycles. The maximum absolute atomic E-state index is 12.5. The highest BCUT2D eigenvalue weighted by Crippen LogP contribution is 2.07. The van der Waals surface area contributed by atoms with Gasteiger partial charge < -0.3 is 10.2 Å². The van der Waals surface area contributed by atoms with Crippen molar-refractivity contribution in [1.82, 2.24) is 0 Å². The Bertz CT molecular complexity index is 755. The Morgan fingerprint density at radius 3 is 1.67 bits per heavy atom. The number of halogens is 2. The number of carboxylic acids is 2. The van der Waals surface area contributed by atoms with Crippen molar-refractivity contribution in [2.24, 2.45) is 0 Å². The van der Waals surface area contributed by atoms with Gasteiger partial charge >= 0.3 is 11.9 Å². The van der Waals surface area contributed by atoms with E-state index in [0.29, 0.717) is 18.4 Å². The van der Waals surface area contributed by atoms with Crippen LogP contribution in [0.15, 0.2) is 48.5 Å². The fourth-order valence-corrected chi connectivity index (χ4v) is 2.10. The van der Waals surface area contributed by atoms with Crippen LogP contribution in [0, 0.1) is 11.6 Å². The van der Waals surface area contributed by atoms with Gasteiger partial charge in [-0.25, -0.2) is 8.78 Å². The minimum atomic E-state index is -1.01. The summed E-state index contributed by atoms with van der Waals surface area (Å²) in [4.78, 5) is 31.6. The van der Waals surface area contributed by atoms with Crippen LogP contribution in [0.3, 0.4) is 0 Å². The van der Waals surface area contributed by atoms with Crippen LogP contribution in [0.1, 0.15) is 41.6 Å². The molecule has 2 N–H and O–H groups in total. The Balaban J connectivity index is 0.000000271. The molecule has 0 fully saturated rings. The van der Waals surface area contributed by atoms with E-state index in [0.717, 1.165) is 5.56 Å². The number of Topliss-reactive ketones (excluding diaryl/α,β-unsaturated/α-hetero) is 1. The van der Waals surface area contributed by atoms with Gasteiger partial charge in [0.1, 0.15) is 11.6 Å². The third kappa shape index (κ3) is 9.84. The molecule has 0 spiro atoms. The highest BCUT2D eigenvalue weighted by molar-refractivity contribution is 5.97. The molecule has 0 saturated heterocycles. The quantitative estimate of drug-likeness (QED) is 0.675. The van der Waals surface area contributed by atoms with Crippen molar-refractivity contribution in [3.8, 4) is 0 Å². The third-order valence-electron chi connectivity index (χ3n) is 3.50. The summed E-state index contributed by atoms with van der Waals surface area (Å²) in [7, 11) is 0. The number of hydrogen-bond donors (Lipinski definition) is 2. The Morgan fingerprint density at radius 1 is 0.704 bits per heavy atom. The molecule has 0 aliphatic heterocycles. The van der Waals surface area contributed by atoms with Crippen LogP contribution >= 0.6 is 0 Å². The summed E-state index contributed by atoms with van der Waals surface area (Å²) < 4.78 is 24.9. The molecule has 2 aromatic carbocycles. The minimum absolute atomic E-state index is 0.0546. The predicted molar refractivity (Wildman–Crippen MR) is 94.6 cm³/mol. The SMILES string of the molecule is O=C(O)CCC(=O)c1ccc(F)cc1.O=C(O)CCCc1ccc(F)cc1. The predicted octanol–water partition coefficient (Wildman–Crippen LogP) is 4.11. The number of benzene rings is 2. The maximum Gasteiger partial charge on any atom is 0.303 e. The molecule has 0 aliphatic carbocycles. The summed E-state index contributed by atoms with van der Waals surface area (Å²) in [6.07, 6.45) is 1.20. The molecule has 2 rings (SSSR count). The van der Waals surface area contributed by atoms with Crippen LogP contribution < -0.4 is 0 Å². The summed E-state index contributed by atoms with van der Waals surface area (Å²) in [5.41, 5.74) is 1.32. The van der Waals surface area contributed by atoms with Crippen molar-refractivity contribution in [2.45, 2.75) is 32.1 Å². The van der Waals surface area contributed by atoms with Gasteiger partial charge in [-0.1, -0.05) is 12.1 Å². The van der Waals surface area contributed by atoms with Gasteiger partial charge in [0.15, 0.2) is 5.78 Å². The Labute approximate surface area is 155 Å². The van der Waals surface area contributed by atoms with Gasteiger partial charge in [-0.3, -0.25) is 14.4 Å². The number of aryl methyl sites for hydroxylation is 1. The zero-order valence-corrected chi connectivity index (χ0v) is 14.5. The molecule has 0 radical (unpaired) electrons. The van der Waals surface area contributed by atoms with E-state index in [1.807, 2.05) is 0 Å². The van der Waals surface area contributed by atoms with Crippen LogP contribution in [-0.2, 0) is 16.0 Å². The van der Waals surface area contributed by atoms with E-state index in [4.69, 9.17) is 10.2 Å². The molecule has 0 amide bonds. The van der Waals surface area contributed by atoms with Gasteiger partial charge in [0.2, 0.25) is 0 Å². The first-order valence-corrected chi connectivity index (χ1v) is 8.24. The van der Waals surface area contributed by atoms with Crippen LogP contribution in [0.25, 0.3) is 0 Å². The summed E-state index contributed by atoms with van der Waals surface area (Å²) in [6, 6.07) is 11.2. The molecular weight excluding hydrogens is 358 g/mol. The lowest BCUT2D eigenvalue weighted by molar-refractivity contribution is -0.138. The smallest absolute Gasteiger partial charge is 0.303 e. The van der Waals surface area contributed by atoms with E-state index in [1.165, 1.54) is 36.4 Å². The molecule has 0 aliphatic rings. The Morgan fingerprint density at radius 2 is 1.19 bits per heavy atom. The van der Waals surface area contributed by atoms with Gasteiger partial charge in [0.05, 0.1) is 6.42 Å². The van der Waals surface area contributed by atoms with Crippen LogP contribution in [0.2, 0.25) is 0 Å². The van der Waals surface area contributed by atoms with E-state index >= 15 is 0 Å². The number of aliphatic carboxylic acids is 2. The third-order valence-corrected chi connectivity index (χ3v) is 3.50. The van der Waals surface area contributed by atoms with E-state index < -0.39 is 17.8 Å². The number of rotatable bonds is 8. The lowest BCUT2D eigenvalue weighted by atomic mass is 10.1. The largest absolute Gasteiger partial charge is 0.481 e. The molecule has 2 aromatic rings. The Kier molecular flexibility index (Phi) is 9.36.